The van der Waals surface area contributed by atoms with E-state index in [1.165, 1.54) is 24.3 Å². The van der Waals surface area contributed by atoms with Crippen LogP contribution in [0.1, 0.15) is 65.5 Å². The Balaban J connectivity index is 1.26. The summed E-state index contributed by atoms with van der Waals surface area (Å²) >= 11 is 7.52. The number of allylic oxidation sites excluding steroid dienone is 5. The van der Waals surface area contributed by atoms with Crippen molar-refractivity contribution >= 4 is 90.7 Å². The molecule has 65 heavy (non-hydrogen) atoms. The molecule has 4 aromatic rings. The number of hydrogen-bond acceptors (Lipinski definition) is 10. The van der Waals surface area contributed by atoms with Gasteiger partial charge >= 0.3 is 0 Å². The van der Waals surface area contributed by atoms with E-state index in [-0.39, 0.29) is 33.5 Å². The first kappa shape index (κ1) is 47.2. The van der Waals surface area contributed by atoms with E-state index >= 15 is 0 Å². The molecule has 4 N–H and O–H groups in total. The van der Waals surface area contributed by atoms with Crippen molar-refractivity contribution in [1.29, 1.82) is 0 Å². The summed E-state index contributed by atoms with van der Waals surface area (Å²) in [6.07, 6.45) is 9.62. The molecular weight excluding hydrogens is 938 g/mol. The van der Waals surface area contributed by atoms with Crippen LogP contribution in [0.3, 0.4) is 0 Å². The van der Waals surface area contributed by atoms with Crippen molar-refractivity contribution in [2.45, 2.75) is 90.8 Å². The number of hydrogen-bond donors (Lipinski definition) is 4. The molecule has 2 unspecified atom stereocenters. The Morgan fingerprint density at radius 2 is 1.26 bits per heavy atom. The van der Waals surface area contributed by atoms with Gasteiger partial charge in [0.2, 0.25) is 5.69 Å². The third-order valence-corrected chi connectivity index (χ3v) is 17.4. The average molecular weight is 988 g/mol. The van der Waals surface area contributed by atoms with Crippen molar-refractivity contribution in [2.24, 2.45) is 5.92 Å². The summed E-state index contributed by atoms with van der Waals surface area (Å²) in [5, 5.41) is 1.24. The van der Waals surface area contributed by atoms with Gasteiger partial charge < -0.3 is 4.90 Å². The molecule has 9 rings (SSSR count). The van der Waals surface area contributed by atoms with E-state index < -0.39 is 70.9 Å². The predicted octanol–water partition coefficient (Wildman–Crippen LogP) is 7.78. The first-order chi connectivity index (χ1) is 30.0. The van der Waals surface area contributed by atoms with Gasteiger partial charge in [-0.05, 0) is 130 Å². The molecule has 2 bridgehead atoms. The zero-order valence-corrected chi connectivity index (χ0v) is 40.5. The molecule has 0 aromatic heterocycles. The molecule has 4 heterocycles. The van der Waals surface area contributed by atoms with Crippen molar-refractivity contribution in [3.8, 4) is 0 Å². The van der Waals surface area contributed by atoms with Gasteiger partial charge in [-0.1, -0.05) is 37.6 Å². The third kappa shape index (κ3) is 7.70. The van der Waals surface area contributed by atoms with Crippen LogP contribution in [0, 0.1) is 5.92 Å². The van der Waals surface area contributed by atoms with Crippen LogP contribution < -0.4 is 4.90 Å². The average Bonchev–Trinajstić information content (AvgIpc) is 3.47. The largest absolute Gasteiger partial charge is 0.344 e. The van der Waals surface area contributed by atoms with E-state index in [0.29, 0.717) is 47.2 Å². The molecule has 0 spiro atoms. The zero-order chi connectivity index (χ0) is 47.7. The second-order valence-electron chi connectivity index (χ2n) is 18.0. The molecule has 4 aliphatic heterocycles. The fraction of sp³-hybridized carbons (Fsp3) is 0.356. The highest BCUT2D eigenvalue weighted by Crippen LogP contribution is 2.53. The summed E-state index contributed by atoms with van der Waals surface area (Å²) in [5.74, 6) is 0.0521. The molecule has 2 atom stereocenters. The molecule has 1 fully saturated rings. The quantitative estimate of drug-likeness (QED) is 0.0928. The lowest BCUT2D eigenvalue weighted by atomic mass is 9.78. The van der Waals surface area contributed by atoms with Gasteiger partial charge in [-0.3, -0.25) is 23.1 Å². The summed E-state index contributed by atoms with van der Waals surface area (Å²) in [6, 6.07) is 10.4. The minimum absolute atomic E-state index is 0.0498. The molecule has 0 amide bonds. The van der Waals surface area contributed by atoms with Crippen LogP contribution in [0.25, 0.3) is 21.5 Å². The van der Waals surface area contributed by atoms with E-state index in [0.717, 1.165) is 47.5 Å². The number of nitrogens with zero attached hydrogens (tertiary/aromatic N) is 3. The minimum Gasteiger partial charge on any atom is -0.344 e. The number of rotatable bonds is 9. The van der Waals surface area contributed by atoms with Crippen LogP contribution in [-0.2, 0) is 51.3 Å². The fourth-order valence-corrected chi connectivity index (χ4v) is 13.8. The van der Waals surface area contributed by atoms with Crippen LogP contribution in [-0.4, -0.2) is 99.8 Å². The molecule has 1 saturated heterocycles. The Morgan fingerprint density at radius 1 is 0.708 bits per heavy atom. The Bertz CT molecular complexity index is 3430. The van der Waals surface area contributed by atoms with Gasteiger partial charge in [-0.2, -0.15) is 38.2 Å². The molecule has 5 aliphatic rings. The van der Waals surface area contributed by atoms with Crippen molar-refractivity contribution in [3.63, 3.8) is 0 Å². The second-order valence-corrected chi connectivity index (χ2v) is 24.0. The Labute approximate surface area is 384 Å². The lowest BCUT2D eigenvalue weighted by Crippen LogP contribution is -2.39. The highest BCUT2D eigenvalue weighted by atomic mass is 35.5. The smallest absolute Gasteiger partial charge is 0.295 e. The number of piperidine rings is 1. The lowest BCUT2D eigenvalue weighted by molar-refractivity contribution is -0.433. The first-order valence-electron chi connectivity index (χ1n) is 20.8. The summed E-state index contributed by atoms with van der Waals surface area (Å²) in [4.78, 5) is 1.69. The standard InChI is InChI=1S/C45H48ClN3O12S4/c1-8-48-35-16-11-29-32(20-26(62(50,51)52)22-37(29)64(56,57)58)41(35)44(3,4)39(48)18-13-28-25-10-15-34(47(7)24-25)31(43(28)46)14-19-40-45(5,6)42-33-21-27(63(53,54)55)23-38(65(59,60)61)30(33)12-17-36(42)49(40)9-2/h11-14,16-23,25,34H,8-10,15,24H2,1-7H3,(H3-,50,51,52,53,54,55,56,57,58,59,60,61)/p+1. The van der Waals surface area contributed by atoms with Crippen LogP contribution >= 0.6 is 11.6 Å². The van der Waals surface area contributed by atoms with Gasteiger partial charge in [0.25, 0.3) is 40.5 Å². The van der Waals surface area contributed by atoms with E-state index in [1.807, 2.05) is 77.5 Å². The summed E-state index contributed by atoms with van der Waals surface area (Å²) in [5.41, 5.74) is 4.28. The number of benzene rings is 4. The number of anilines is 1. The predicted molar refractivity (Wildman–Crippen MR) is 249 cm³/mol. The Hall–Kier alpha value is -4.28. The SMILES string of the molecule is CCN1C(=CC=C2C(Cl)=C(C=CC3=[N+](CC)c4ccc5c(S(=O)(=O)O)cc(S(=O)(=O)O)cc5c4C3(C)C)C3CCC2CN3C)C(C)(C)c2c1ccc1c(S(=O)(=O)O)cc(S(=O)(=O)O)cc21. The van der Waals surface area contributed by atoms with Gasteiger partial charge in [0.15, 0.2) is 5.71 Å². The maximum atomic E-state index is 12.6. The number of fused-ring (bicyclic) bond motifs is 9. The van der Waals surface area contributed by atoms with Crippen LogP contribution in [0.5, 0.6) is 0 Å². The molecule has 20 heteroatoms. The molecule has 1 aliphatic carbocycles. The van der Waals surface area contributed by atoms with Gasteiger partial charge in [-0.25, -0.2) is 0 Å². The van der Waals surface area contributed by atoms with E-state index in [4.69, 9.17) is 11.6 Å². The lowest BCUT2D eigenvalue weighted by Gasteiger charge is -2.35. The Morgan fingerprint density at radius 3 is 1.77 bits per heavy atom. The highest BCUT2D eigenvalue weighted by Gasteiger charge is 2.47. The van der Waals surface area contributed by atoms with Gasteiger partial charge in [0, 0.05) is 69.4 Å². The maximum Gasteiger partial charge on any atom is 0.295 e. The van der Waals surface area contributed by atoms with Crippen molar-refractivity contribution < 1.29 is 56.5 Å². The number of halogens is 1. The molecule has 15 nitrogen and oxygen atoms in total. The first-order valence-corrected chi connectivity index (χ1v) is 26.9. The number of likely N-dealkylation sites (N-methyl/N-ethyl adjacent to an activating group) is 2. The second kappa shape index (κ2) is 15.6. The topological polar surface area (TPSA) is 227 Å². The molecule has 4 aromatic carbocycles. The molecule has 0 saturated carbocycles. The monoisotopic (exact) mass is 986 g/mol. The maximum absolute atomic E-state index is 12.6. The normalized spacial score (nSPS) is 22.6. The van der Waals surface area contributed by atoms with E-state index in [9.17, 15) is 51.9 Å². The summed E-state index contributed by atoms with van der Waals surface area (Å²) in [6.45, 7) is 13.3. The van der Waals surface area contributed by atoms with Crippen molar-refractivity contribution in [3.05, 3.63) is 106 Å². The van der Waals surface area contributed by atoms with Gasteiger partial charge in [0.05, 0.1) is 15.2 Å². The van der Waals surface area contributed by atoms with Crippen LogP contribution in [0.4, 0.5) is 11.4 Å². The fourth-order valence-electron chi connectivity index (χ4n) is 10.7. The van der Waals surface area contributed by atoms with Gasteiger partial charge in [-0.15, -0.1) is 0 Å². The summed E-state index contributed by atoms with van der Waals surface area (Å²) in [7, 11) is -17.5. The van der Waals surface area contributed by atoms with E-state index in [1.54, 1.807) is 12.1 Å². The van der Waals surface area contributed by atoms with Crippen LogP contribution in [0.15, 0.2) is 114 Å². The molecule has 346 valence electrons. The molecular formula is C45H49ClN3O12S4+. The van der Waals surface area contributed by atoms with E-state index in [2.05, 4.69) is 9.80 Å². The summed E-state index contributed by atoms with van der Waals surface area (Å²) < 4.78 is 142. The molecule has 0 radical (unpaired) electrons. The third-order valence-electron chi connectivity index (χ3n) is 13.6. The Kier molecular flexibility index (Phi) is 11.4. The van der Waals surface area contributed by atoms with Crippen LogP contribution in [0.2, 0.25) is 0 Å². The zero-order valence-electron chi connectivity index (χ0n) is 36.5. The highest BCUT2D eigenvalue weighted by molar-refractivity contribution is 7.87. The van der Waals surface area contributed by atoms with Crippen molar-refractivity contribution in [2.75, 3.05) is 31.6 Å². The minimum atomic E-state index is -4.91. The van der Waals surface area contributed by atoms with Gasteiger partial charge in [0.1, 0.15) is 16.3 Å². The van der Waals surface area contributed by atoms with Crippen molar-refractivity contribution in [1.82, 2.24) is 4.90 Å².